The van der Waals surface area contributed by atoms with Gasteiger partial charge in [-0.1, -0.05) is 23.8 Å². The fraction of sp³-hybridized carbons (Fsp3) is 0.286. The first-order valence-electron chi connectivity index (χ1n) is 5.72. The first-order valence-corrected chi connectivity index (χ1v) is 5.72. The zero-order valence-corrected chi connectivity index (χ0v) is 10.7. The molecule has 2 aromatic rings. The van der Waals surface area contributed by atoms with Gasteiger partial charge in [-0.3, -0.25) is 0 Å². The van der Waals surface area contributed by atoms with Crippen molar-refractivity contribution in [3.05, 3.63) is 41.2 Å². The molecule has 1 aromatic carbocycles. The van der Waals surface area contributed by atoms with Crippen molar-refractivity contribution in [1.29, 1.82) is 0 Å². The molecule has 0 fully saturated rings. The highest BCUT2D eigenvalue weighted by Gasteiger charge is 2.09. The Hall–Kier alpha value is -1.90. The topological polar surface area (TPSA) is 37.8 Å². The van der Waals surface area contributed by atoms with E-state index in [-0.39, 0.29) is 0 Å². The second-order valence-electron chi connectivity index (χ2n) is 4.21. The van der Waals surface area contributed by atoms with E-state index in [0.29, 0.717) is 0 Å². The Morgan fingerprint density at radius 3 is 2.47 bits per heavy atom. The van der Waals surface area contributed by atoms with Crippen LogP contribution >= 0.6 is 0 Å². The average Bonchev–Trinajstić information content (AvgIpc) is 2.31. The van der Waals surface area contributed by atoms with Gasteiger partial charge in [0.1, 0.15) is 11.6 Å². The maximum Gasteiger partial charge on any atom is 0.132 e. The number of nitrogens with one attached hydrogen (secondary N) is 1. The zero-order valence-electron chi connectivity index (χ0n) is 10.7. The van der Waals surface area contributed by atoms with Crippen molar-refractivity contribution in [3.63, 3.8) is 0 Å². The SMILES string of the molecule is CNc1nc(C)nc(-c2cccc(C)c2)c1C. The number of hydrogen-bond donors (Lipinski definition) is 1. The van der Waals surface area contributed by atoms with Gasteiger partial charge in [0.15, 0.2) is 0 Å². The summed E-state index contributed by atoms with van der Waals surface area (Å²) in [6, 6.07) is 8.38. The minimum Gasteiger partial charge on any atom is -0.373 e. The molecule has 17 heavy (non-hydrogen) atoms. The summed E-state index contributed by atoms with van der Waals surface area (Å²) in [5, 5.41) is 3.11. The monoisotopic (exact) mass is 227 g/mol. The summed E-state index contributed by atoms with van der Waals surface area (Å²) in [5.41, 5.74) is 4.47. The van der Waals surface area contributed by atoms with E-state index in [1.807, 2.05) is 20.9 Å². The lowest BCUT2D eigenvalue weighted by atomic mass is 10.0. The third kappa shape index (κ3) is 2.28. The Morgan fingerprint density at radius 2 is 1.82 bits per heavy atom. The third-order valence-electron chi connectivity index (χ3n) is 2.79. The van der Waals surface area contributed by atoms with E-state index in [9.17, 15) is 0 Å². The minimum atomic E-state index is 0.788. The molecule has 0 unspecified atom stereocenters. The molecule has 0 spiro atoms. The molecule has 3 nitrogen and oxygen atoms in total. The Bertz CT molecular complexity index is 547. The minimum absolute atomic E-state index is 0.788. The van der Waals surface area contributed by atoms with E-state index in [1.54, 1.807) is 0 Å². The summed E-state index contributed by atoms with van der Waals surface area (Å²) >= 11 is 0. The van der Waals surface area contributed by atoms with Crippen molar-refractivity contribution in [2.75, 3.05) is 12.4 Å². The van der Waals surface area contributed by atoms with E-state index < -0.39 is 0 Å². The van der Waals surface area contributed by atoms with Gasteiger partial charge >= 0.3 is 0 Å². The van der Waals surface area contributed by atoms with Crippen LogP contribution in [0.1, 0.15) is 17.0 Å². The Kier molecular flexibility index (Phi) is 3.09. The van der Waals surface area contributed by atoms with Gasteiger partial charge in [0, 0.05) is 18.2 Å². The summed E-state index contributed by atoms with van der Waals surface area (Å²) < 4.78 is 0. The molecule has 0 aliphatic rings. The van der Waals surface area contributed by atoms with Crippen LogP contribution in [0.4, 0.5) is 5.82 Å². The molecule has 1 aromatic heterocycles. The molecular weight excluding hydrogens is 210 g/mol. The second kappa shape index (κ2) is 4.53. The number of hydrogen-bond acceptors (Lipinski definition) is 3. The lowest BCUT2D eigenvalue weighted by molar-refractivity contribution is 1.04. The molecule has 0 atom stereocenters. The molecule has 0 saturated heterocycles. The van der Waals surface area contributed by atoms with E-state index in [4.69, 9.17) is 0 Å². The largest absolute Gasteiger partial charge is 0.373 e. The fourth-order valence-electron chi connectivity index (χ4n) is 1.95. The summed E-state index contributed by atoms with van der Waals surface area (Å²) in [7, 11) is 1.88. The van der Waals surface area contributed by atoms with Crippen LogP contribution in [0.3, 0.4) is 0 Å². The Labute approximate surface area is 102 Å². The van der Waals surface area contributed by atoms with E-state index >= 15 is 0 Å². The molecule has 1 heterocycles. The number of rotatable bonds is 2. The summed E-state index contributed by atoms with van der Waals surface area (Å²) in [4.78, 5) is 8.92. The molecule has 1 N–H and O–H groups in total. The number of anilines is 1. The highest BCUT2D eigenvalue weighted by atomic mass is 15.0. The van der Waals surface area contributed by atoms with Crippen molar-refractivity contribution in [2.45, 2.75) is 20.8 Å². The van der Waals surface area contributed by atoms with Crippen LogP contribution in [0.2, 0.25) is 0 Å². The van der Waals surface area contributed by atoms with Crippen LogP contribution in [-0.4, -0.2) is 17.0 Å². The predicted octanol–water partition coefficient (Wildman–Crippen LogP) is 3.11. The molecule has 3 heteroatoms. The lowest BCUT2D eigenvalue weighted by Gasteiger charge is -2.11. The normalized spacial score (nSPS) is 10.4. The van der Waals surface area contributed by atoms with E-state index in [2.05, 4.69) is 46.5 Å². The predicted molar refractivity (Wildman–Crippen MR) is 71.2 cm³/mol. The molecule has 88 valence electrons. The van der Waals surface area contributed by atoms with Crippen LogP contribution in [0.15, 0.2) is 24.3 Å². The van der Waals surface area contributed by atoms with Gasteiger partial charge in [0.05, 0.1) is 5.69 Å². The maximum absolute atomic E-state index is 4.54. The van der Waals surface area contributed by atoms with Gasteiger partial charge in [0.2, 0.25) is 0 Å². The van der Waals surface area contributed by atoms with Gasteiger partial charge in [-0.15, -0.1) is 0 Å². The van der Waals surface area contributed by atoms with Crippen LogP contribution < -0.4 is 5.32 Å². The van der Waals surface area contributed by atoms with Crippen LogP contribution in [0, 0.1) is 20.8 Å². The van der Waals surface area contributed by atoms with Gasteiger partial charge in [-0.05, 0) is 26.8 Å². The Morgan fingerprint density at radius 1 is 1.06 bits per heavy atom. The highest BCUT2D eigenvalue weighted by Crippen LogP contribution is 2.25. The average molecular weight is 227 g/mol. The van der Waals surface area contributed by atoms with Crippen LogP contribution in [0.5, 0.6) is 0 Å². The molecule has 0 saturated carbocycles. The quantitative estimate of drug-likeness (QED) is 0.856. The number of aryl methyl sites for hydroxylation is 2. The zero-order chi connectivity index (χ0) is 12.4. The number of nitrogens with zero attached hydrogens (tertiary/aromatic N) is 2. The fourth-order valence-corrected chi connectivity index (χ4v) is 1.95. The molecule has 0 aliphatic heterocycles. The third-order valence-corrected chi connectivity index (χ3v) is 2.79. The van der Waals surface area contributed by atoms with E-state index in [0.717, 1.165) is 28.5 Å². The van der Waals surface area contributed by atoms with Gasteiger partial charge in [0.25, 0.3) is 0 Å². The summed E-state index contributed by atoms with van der Waals surface area (Å²) in [5.74, 6) is 1.69. The second-order valence-corrected chi connectivity index (χ2v) is 4.21. The van der Waals surface area contributed by atoms with Gasteiger partial charge in [-0.25, -0.2) is 9.97 Å². The van der Waals surface area contributed by atoms with E-state index in [1.165, 1.54) is 5.56 Å². The molecule has 0 radical (unpaired) electrons. The van der Waals surface area contributed by atoms with Crippen molar-refractivity contribution < 1.29 is 0 Å². The standard InChI is InChI=1S/C14H17N3/c1-9-6-5-7-12(8-9)13-10(2)14(15-4)17-11(3)16-13/h5-8H,1-4H3,(H,15,16,17). The smallest absolute Gasteiger partial charge is 0.132 e. The van der Waals surface area contributed by atoms with Gasteiger partial charge < -0.3 is 5.32 Å². The molecule has 2 rings (SSSR count). The summed E-state index contributed by atoms with van der Waals surface area (Å²) in [6.07, 6.45) is 0. The Balaban J connectivity index is 2.63. The van der Waals surface area contributed by atoms with Crippen LogP contribution in [-0.2, 0) is 0 Å². The van der Waals surface area contributed by atoms with Crippen LogP contribution in [0.25, 0.3) is 11.3 Å². The van der Waals surface area contributed by atoms with Crippen molar-refractivity contribution in [3.8, 4) is 11.3 Å². The highest BCUT2D eigenvalue weighted by molar-refractivity contribution is 5.68. The molecule has 0 aliphatic carbocycles. The van der Waals surface area contributed by atoms with Gasteiger partial charge in [-0.2, -0.15) is 0 Å². The number of aromatic nitrogens is 2. The van der Waals surface area contributed by atoms with Crippen molar-refractivity contribution >= 4 is 5.82 Å². The molecule has 0 amide bonds. The summed E-state index contributed by atoms with van der Waals surface area (Å²) in [6.45, 7) is 6.05. The molecular formula is C14H17N3. The number of benzene rings is 1. The lowest BCUT2D eigenvalue weighted by Crippen LogP contribution is -2.02. The molecule has 0 bridgehead atoms. The van der Waals surface area contributed by atoms with Crippen molar-refractivity contribution in [2.24, 2.45) is 0 Å². The first-order chi connectivity index (χ1) is 8.11. The van der Waals surface area contributed by atoms with Crippen molar-refractivity contribution in [1.82, 2.24) is 9.97 Å². The maximum atomic E-state index is 4.54. The first kappa shape index (κ1) is 11.6.